The third-order valence-corrected chi connectivity index (χ3v) is 3.47. The molecule has 0 bridgehead atoms. The van der Waals surface area contributed by atoms with Crippen LogP contribution in [0.3, 0.4) is 0 Å². The number of nitrogens with zero attached hydrogens (tertiary/aromatic N) is 1. The monoisotopic (exact) mass is 184 g/mol. The average molecular weight is 184 g/mol. The molecule has 0 aromatic rings. The van der Waals surface area contributed by atoms with Gasteiger partial charge in [-0.1, -0.05) is 27.2 Å². The Morgan fingerprint density at radius 2 is 2.23 bits per heavy atom. The molecule has 1 rings (SSSR count). The first kappa shape index (κ1) is 11.0. The van der Waals surface area contributed by atoms with Crippen molar-refractivity contribution < 1.29 is 0 Å². The highest BCUT2D eigenvalue weighted by Gasteiger charge is 2.27. The lowest BCUT2D eigenvalue weighted by Gasteiger charge is -2.31. The molecule has 3 atom stereocenters. The summed E-state index contributed by atoms with van der Waals surface area (Å²) in [6.45, 7) is 10.2. The summed E-state index contributed by atoms with van der Waals surface area (Å²) >= 11 is 0. The third kappa shape index (κ3) is 2.68. The number of hydrogen-bond donors (Lipinski definition) is 1. The molecule has 0 aliphatic carbocycles. The van der Waals surface area contributed by atoms with Gasteiger partial charge in [-0.25, -0.2) is 0 Å². The van der Waals surface area contributed by atoms with Crippen LogP contribution in [0, 0.1) is 11.8 Å². The second-order valence-corrected chi connectivity index (χ2v) is 4.58. The van der Waals surface area contributed by atoms with E-state index in [0.717, 1.165) is 18.4 Å². The van der Waals surface area contributed by atoms with Crippen molar-refractivity contribution in [2.24, 2.45) is 17.6 Å². The maximum Gasteiger partial charge on any atom is 0.0244 e. The summed E-state index contributed by atoms with van der Waals surface area (Å²) < 4.78 is 0. The number of hydrogen-bond acceptors (Lipinski definition) is 2. The lowest BCUT2D eigenvalue weighted by molar-refractivity contribution is 0.180. The Morgan fingerprint density at radius 1 is 1.54 bits per heavy atom. The van der Waals surface area contributed by atoms with Gasteiger partial charge in [-0.2, -0.15) is 0 Å². The van der Waals surface area contributed by atoms with Gasteiger partial charge in [0.05, 0.1) is 0 Å². The molecule has 0 aromatic carbocycles. The zero-order valence-corrected chi connectivity index (χ0v) is 9.29. The maximum absolute atomic E-state index is 5.83. The topological polar surface area (TPSA) is 29.3 Å². The molecule has 3 unspecified atom stereocenters. The predicted octanol–water partition coefficient (Wildman–Crippen LogP) is 1.70. The third-order valence-electron chi connectivity index (χ3n) is 3.47. The summed E-state index contributed by atoms with van der Waals surface area (Å²) in [6, 6.07) is 0.620. The normalized spacial score (nSPS) is 29.1. The van der Waals surface area contributed by atoms with Gasteiger partial charge in [0.25, 0.3) is 0 Å². The summed E-state index contributed by atoms with van der Waals surface area (Å²) in [5.74, 6) is 1.62. The second kappa shape index (κ2) is 4.97. The highest BCUT2D eigenvalue weighted by atomic mass is 15.2. The Hall–Kier alpha value is -0.0800. The van der Waals surface area contributed by atoms with Crippen molar-refractivity contribution in [3.63, 3.8) is 0 Å². The van der Waals surface area contributed by atoms with Gasteiger partial charge in [0, 0.05) is 19.1 Å². The van der Waals surface area contributed by atoms with Crippen LogP contribution in [-0.2, 0) is 0 Å². The minimum atomic E-state index is 0.620. The molecular formula is C11H24N2. The fourth-order valence-electron chi connectivity index (χ4n) is 2.28. The molecule has 1 fully saturated rings. The first-order chi connectivity index (χ1) is 6.19. The van der Waals surface area contributed by atoms with E-state index >= 15 is 0 Å². The van der Waals surface area contributed by atoms with E-state index in [0.29, 0.717) is 6.04 Å². The number of likely N-dealkylation sites (tertiary alicyclic amines) is 1. The molecule has 1 saturated heterocycles. The van der Waals surface area contributed by atoms with Crippen LogP contribution >= 0.6 is 0 Å². The molecule has 2 nitrogen and oxygen atoms in total. The Balaban J connectivity index is 2.46. The molecule has 0 amide bonds. The Labute approximate surface area is 82.5 Å². The molecule has 1 aliphatic heterocycles. The van der Waals surface area contributed by atoms with E-state index in [2.05, 4.69) is 25.7 Å². The van der Waals surface area contributed by atoms with E-state index in [1.54, 1.807) is 0 Å². The fraction of sp³-hybridized carbons (Fsp3) is 1.00. The van der Waals surface area contributed by atoms with E-state index in [-0.39, 0.29) is 0 Å². The summed E-state index contributed by atoms with van der Waals surface area (Å²) in [6.07, 6.45) is 2.60. The summed E-state index contributed by atoms with van der Waals surface area (Å²) in [5, 5.41) is 0. The average Bonchev–Trinajstić information content (AvgIpc) is 2.53. The lowest BCUT2D eigenvalue weighted by Crippen LogP contribution is -2.43. The highest BCUT2D eigenvalue weighted by molar-refractivity contribution is 4.83. The van der Waals surface area contributed by atoms with Crippen molar-refractivity contribution in [3.8, 4) is 0 Å². The number of rotatable bonds is 4. The van der Waals surface area contributed by atoms with Gasteiger partial charge in [0.15, 0.2) is 0 Å². The molecule has 2 heteroatoms. The van der Waals surface area contributed by atoms with E-state index < -0.39 is 0 Å². The van der Waals surface area contributed by atoms with Gasteiger partial charge in [-0.3, -0.25) is 4.90 Å². The summed E-state index contributed by atoms with van der Waals surface area (Å²) in [5.41, 5.74) is 5.83. The maximum atomic E-state index is 5.83. The quantitative estimate of drug-likeness (QED) is 0.720. The number of nitrogens with two attached hydrogens (primary N) is 1. The molecule has 0 spiro atoms. The van der Waals surface area contributed by atoms with Crippen LogP contribution in [0.25, 0.3) is 0 Å². The zero-order chi connectivity index (χ0) is 9.84. The van der Waals surface area contributed by atoms with Gasteiger partial charge in [-0.05, 0) is 24.8 Å². The molecule has 1 heterocycles. The molecular weight excluding hydrogens is 160 g/mol. The molecule has 13 heavy (non-hydrogen) atoms. The zero-order valence-electron chi connectivity index (χ0n) is 9.29. The van der Waals surface area contributed by atoms with Crippen LogP contribution in [0.15, 0.2) is 0 Å². The minimum Gasteiger partial charge on any atom is -0.329 e. The Morgan fingerprint density at radius 3 is 2.62 bits per heavy atom. The molecule has 0 saturated carbocycles. The van der Waals surface area contributed by atoms with Crippen LogP contribution in [0.5, 0.6) is 0 Å². The molecule has 78 valence electrons. The summed E-state index contributed by atoms with van der Waals surface area (Å²) in [7, 11) is 0. The lowest BCUT2D eigenvalue weighted by atomic mass is 9.98. The second-order valence-electron chi connectivity index (χ2n) is 4.58. The van der Waals surface area contributed by atoms with Crippen molar-refractivity contribution in [2.75, 3.05) is 19.6 Å². The standard InChI is InChI=1S/C11H24N2/c1-4-10(3)11(7-12)13-6-5-9(2)8-13/h9-11H,4-8,12H2,1-3H3. The van der Waals surface area contributed by atoms with Crippen molar-refractivity contribution in [1.29, 1.82) is 0 Å². The van der Waals surface area contributed by atoms with Gasteiger partial charge >= 0.3 is 0 Å². The van der Waals surface area contributed by atoms with Crippen LogP contribution in [0.4, 0.5) is 0 Å². The first-order valence-corrected chi connectivity index (χ1v) is 5.63. The van der Waals surface area contributed by atoms with Crippen LogP contribution in [0.2, 0.25) is 0 Å². The van der Waals surface area contributed by atoms with Crippen LogP contribution < -0.4 is 5.73 Å². The van der Waals surface area contributed by atoms with Crippen molar-refractivity contribution >= 4 is 0 Å². The smallest absolute Gasteiger partial charge is 0.0244 e. The molecule has 0 aromatic heterocycles. The Bertz CT molecular complexity index is 147. The van der Waals surface area contributed by atoms with Crippen molar-refractivity contribution in [2.45, 2.75) is 39.7 Å². The minimum absolute atomic E-state index is 0.620. The fourth-order valence-corrected chi connectivity index (χ4v) is 2.28. The molecule has 1 aliphatic rings. The van der Waals surface area contributed by atoms with Gasteiger partial charge in [0.2, 0.25) is 0 Å². The van der Waals surface area contributed by atoms with E-state index in [4.69, 9.17) is 5.73 Å². The van der Waals surface area contributed by atoms with Crippen LogP contribution in [-0.4, -0.2) is 30.6 Å². The first-order valence-electron chi connectivity index (χ1n) is 5.63. The largest absolute Gasteiger partial charge is 0.329 e. The van der Waals surface area contributed by atoms with E-state index in [9.17, 15) is 0 Å². The SMILES string of the molecule is CCC(C)C(CN)N1CCC(C)C1. The molecule has 0 radical (unpaired) electrons. The van der Waals surface area contributed by atoms with E-state index in [1.807, 2.05) is 0 Å². The molecule has 2 N–H and O–H groups in total. The van der Waals surface area contributed by atoms with Crippen LogP contribution in [0.1, 0.15) is 33.6 Å². The highest BCUT2D eigenvalue weighted by Crippen LogP contribution is 2.22. The van der Waals surface area contributed by atoms with Gasteiger partial charge in [0.1, 0.15) is 0 Å². The van der Waals surface area contributed by atoms with E-state index in [1.165, 1.54) is 25.9 Å². The summed E-state index contributed by atoms with van der Waals surface area (Å²) in [4.78, 5) is 2.58. The van der Waals surface area contributed by atoms with Crippen molar-refractivity contribution in [1.82, 2.24) is 4.90 Å². The van der Waals surface area contributed by atoms with Crippen molar-refractivity contribution in [3.05, 3.63) is 0 Å². The predicted molar refractivity (Wildman–Crippen MR) is 57.7 cm³/mol. The van der Waals surface area contributed by atoms with Gasteiger partial charge < -0.3 is 5.73 Å². The van der Waals surface area contributed by atoms with Gasteiger partial charge in [-0.15, -0.1) is 0 Å². The Kier molecular flexibility index (Phi) is 4.20.